The molecule has 3 aromatic rings. The summed E-state index contributed by atoms with van der Waals surface area (Å²) in [7, 11) is 0. The molecule has 1 amide bonds. The van der Waals surface area contributed by atoms with Gasteiger partial charge in [-0.25, -0.2) is 4.39 Å². The van der Waals surface area contributed by atoms with Crippen LogP contribution in [0.4, 0.5) is 10.1 Å². The lowest BCUT2D eigenvalue weighted by Crippen LogP contribution is -2.17. The van der Waals surface area contributed by atoms with E-state index in [2.05, 4.69) is 10.6 Å². The molecule has 0 fully saturated rings. The maximum Gasteiger partial charge on any atom is 0.267 e. The smallest absolute Gasteiger partial charge is 0.267 e. The van der Waals surface area contributed by atoms with Crippen LogP contribution in [0.15, 0.2) is 72.4 Å². The van der Waals surface area contributed by atoms with E-state index < -0.39 is 5.91 Å². The third kappa shape index (κ3) is 4.05. The molecule has 3 N–H and O–H groups in total. The summed E-state index contributed by atoms with van der Waals surface area (Å²) in [4.78, 5) is 12.4. The molecule has 0 aliphatic rings. The number of hydrogen-bond acceptors (Lipinski definition) is 4. The highest BCUT2D eigenvalue weighted by Crippen LogP contribution is 2.29. The van der Waals surface area contributed by atoms with Crippen LogP contribution in [0, 0.1) is 17.1 Å². The summed E-state index contributed by atoms with van der Waals surface area (Å²) in [5, 5.41) is 25.9. The van der Waals surface area contributed by atoms with E-state index in [0.717, 1.165) is 0 Å². The van der Waals surface area contributed by atoms with Crippen molar-refractivity contribution in [2.24, 2.45) is 0 Å². The maximum atomic E-state index is 13.6. The second kappa shape index (κ2) is 8.02. The highest BCUT2D eigenvalue weighted by Gasteiger charge is 2.12. The number of aromatic hydroxyl groups is 1. The monoisotopic (exact) mass is 361 g/mol. The van der Waals surface area contributed by atoms with Crippen molar-refractivity contribution in [2.75, 3.05) is 5.32 Å². The van der Waals surface area contributed by atoms with Crippen molar-refractivity contribution in [3.8, 4) is 11.8 Å². The predicted octanol–water partition coefficient (Wildman–Crippen LogP) is 3.82. The summed E-state index contributed by atoms with van der Waals surface area (Å²) in [6.07, 6.45) is 1.25. The number of phenols is 1. The fraction of sp³-hybridized carbons (Fsp3) is 0.0476. The summed E-state index contributed by atoms with van der Waals surface area (Å²) in [5.74, 6) is -0.863. The average Bonchev–Trinajstić information content (AvgIpc) is 2.67. The van der Waals surface area contributed by atoms with Gasteiger partial charge in [-0.2, -0.15) is 5.26 Å². The quantitative estimate of drug-likeness (QED) is 0.476. The standard InChI is InChI=1S/C21H16FN3O2/c22-18-8-2-1-5-14(18)12-24-13-15(11-23)21(27)25-19-9-3-7-17-16(19)6-4-10-20(17)26/h1-10,13,24,26H,12H2,(H,25,27)/b15-13-. The van der Waals surface area contributed by atoms with Crippen molar-refractivity contribution in [3.63, 3.8) is 0 Å². The molecule has 0 aromatic heterocycles. The molecule has 0 unspecified atom stereocenters. The van der Waals surface area contributed by atoms with Crippen molar-refractivity contribution >= 4 is 22.4 Å². The average molecular weight is 361 g/mol. The van der Waals surface area contributed by atoms with E-state index in [4.69, 9.17) is 0 Å². The third-order valence-electron chi connectivity index (χ3n) is 4.01. The molecule has 3 rings (SSSR count). The molecular weight excluding hydrogens is 345 g/mol. The van der Waals surface area contributed by atoms with Gasteiger partial charge in [-0.1, -0.05) is 42.5 Å². The minimum atomic E-state index is -0.602. The maximum absolute atomic E-state index is 13.6. The molecule has 134 valence electrons. The summed E-state index contributed by atoms with van der Waals surface area (Å²) in [6, 6.07) is 18.2. The highest BCUT2D eigenvalue weighted by molar-refractivity contribution is 6.11. The molecule has 0 spiro atoms. The van der Waals surface area contributed by atoms with Crippen LogP contribution < -0.4 is 10.6 Å². The van der Waals surface area contributed by atoms with Gasteiger partial charge < -0.3 is 15.7 Å². The molecule has 5 nitrogen and oxygen atoms in total. The first-order valence-electron chi connectivity index (χ1n) is 8.19. The lowest BCUT2D eigenvalue weighted by Gasteiger charge is -2.09. The zero-order valence-electron chi connectivity index (χ0n) is 14.2. The number of halogens is 1. The predicted molar refractivity (Wildman–Crippen MR) is 101 cm³/mol. The Kier molecular flexibility index (Phi) is 5.33. The molecular formula is C21H16FN3O2. The number of amides is 1. The minimum Gasteiger partial charge on any atom is -0.507 e. The van der Waals surface area contributed by atoms with Crippen molar-refractivity contribution in [1.29, 1.82) is 5.26 Å². The Balaban J connectivity index is 1.75. The second-order valence-electron chi connectivity index (χ2n) is 5.77. The van der Waals surface area contributed by atoms with Crippen molar-refractivity contribution in [2.45, 2.75) is 6.54 Å². The number of nitrogens with zero attached hydrogens (tertiary/aromatic N) is 1. The largest absolute Gasteiger partial charge is 0.507 e. The van der Waals surface area contributed by atoms with Gasteiger partial charge in [0, 0.05) is 34.8 Å². The van der Waals surface area contributed by atoms with Crippen LogP contribution in [0.2, 0.25) is 0 Å². The Morgan fingerprint density at radius 3 is 2.59 bits per heavy atom. The highest BCUT2D eigenvalue weighted by atomic mass is 19.1. The molecule has 0 radical (unpaired) electrons. The van der Waals surface area contributed by atoms with Gasteiger partial charge in [0.25, 0.3) is 5.91 Å². The van der Waals surface area contributed by atoms with Crippen LogP contribution in [-0.4, -0.2) is 11.0 Å². The number of nitrogens with one attached hydrogen (secondary N) is 2. The summed E-state index contributed by atoms with van der Waals surface area (Å²) in [5.41, 5.74) is 0.753. The molecule has 6 heteroatoms. The molecule has 0 saturated heterocycles. The van der Waals surface area contributed by atoms with Crippen LogP contribution in [0.5, 0.6) is 5.75 Å². The molecule has 0 saturated carbocycles. The number of phenolic OH excluding ortho intramolecular Hbond substituents is 1. The van der Waals surface area contributed by atoms with E-state index in [9.17, 15) is 19.6 Å². The molecule has 0 aliphatic heterocycles. The molecule has 3 aromatic carbocycles. The Labute approximate surface area is 155 Å². The second-order valence-corrected chi connectivity index (χ2v) is 5.77. The van der Waals surface area contributed by atoms with E-state index in [0.29, 0.717) is 22.0 Å². The fourth-order valence-electron chi connectivity index (χ4n) is 2.65. The van der Waals surface area contributed by atoms with Crippen LogP contribution in [0.1, 0.15) is 5.56 Å². The summed E-state index contributed by atoms with van der Waals surface area (Å²) in [6.45, 7) is 0.146. The zero-order chi connectivity index (χ0) is 19.2. The lowest BCUT2D eigenvalue weighted by atomic mass is 10.1. The minimum absolute atomic E-state index is 0.103. The number of benzene rings is 3. The number of carbonyl (C=O) groups is 1. The van der Waals surface area contributed by atoms with Crippen LogP contribution in [0.3, 0.4) is 0 Å². The molecule has 0 bridgehead atoms. The van der Waals surface area contributed by atoms with Crippen LogP contribution in [0.25, 0.3) is 10.8 Å². The number of hydrogen-bond donors (Lipinski definition) is 3. The van der Waals surface area contributed by atoms with E-state index in [1.807, 2.05) is 6.07 Å². The fourth-order valence-corrected chi connectivity index (χ4v) is 2.65. The van der Waals surface area contributed by atoms with Crippen molar-refractivity contribution in [1.82, 2.24) is 5.32 Å². The summed E-state index contributed by atoms with van der Waals surface area (Å²) < 4.78 is 13.6. The van der Waals surface area contributed by atoms with E-state index in [1.54, 1.807) is 54.6 Å². The summed E-state index contributed by atoms with van der Waals surface area (Å²) >= 11 is 0. The van der Waals surface area contributed by atoms with E-state index >= 15 is 0 Å². The normalized spacial score (nSPS) is 11.0. The number of carbonyl (C=O) groups excluding carboxylic acids is 1. The van der Waals surface area contributed by atoms with Gasteiger partial charge >= 0.3 is 0 Å². The Bertz CT molecular complexity index is 1070. The Morgan fingerprint density at radius 1 is 1.07 bits per heavy atom. The van der Waals surface area contributed by atoms with Gasteiger partial charge in [0.05, 0.1) is 0 Å². The zero-order valence-corrected chi connectivity index (χ0v) is 14.2. The first-order chi connectivity index (χ1) is 13.1. The van der Waals surface area contributed by atoms with Crippen LogP contribution >= 0.6 is 0 Å². The molecule has 27 heavy (non-hydrogen) atoms. The van der Waals surface area contributed by atoms with Crippen molar-refractivity contribution < 1.29 is 14.3 Å². The first-order valence-corrected chi connectivity index (χ1v) is 8.19. The first kappa shape index (κ1) is 18.0. The topological polar surface area (TPSA) is 85.2 Å². The number of fused-ring (bicyclic) bond motifs is 1. The van der Waals surface area contributed by atoms with Gasteiger partial charge in [-0.15, -0.1) is 0 Å². The molecule has 0 aliphatic carbocycles. The third-order valence-corrected chi connectivity index (χ3v) is 4.01. The van der Waals surface area contributed by atoms with Gasteiger partial charge in [0.2, 0.25) is 0 Å². The van der Waals surface area contributed by atoms with Gasteiger partial charge in [0.1, 0.15) is 23.2 Å². The van der Waals surface area contributed by atoms with E-state index in [-0.39, 0.29) is 23.7 Å². The van der Waals surface area contributed by atoms with Gasteiger partial charge in [0.15, 0.2) is 0 Å². The number of anilines is 1. The SMILES string of the molecule is N#C/C(=C/NCc1ccccc1F)C(=O)Nc1cccc2c(O)cccc12. The van der Waals surface area contributed by atoms with Crippen LogP contribution in [-0.2, 0) is 11.3 Å². The number of nitriles is 1. The van der Waals surface area contributed by atoms with E-state index in [1.165, 1.54) is 12.3 Å². The van der Waals surface area contributed by atoms with Gasteiger partial charge in [-0.3, -0.25) is 4.79 Å². The molecule has 0 heterocycles. The Hall–Kier alpha value is -3.85. The number of rotatable bonds is 5. The van der Waals surface area contributed by atoms with Crippen molar-refractivity contribution in [3.05, 3.63) is 83.8 Å². The lowest BCUT2D eigenvalue weighted by molar-refractivity contribution is -0.112. The Morgan fingerprint density at radius 2 is 1.81 bits per heavy atom. The van der Waals surface area contributed by atoms with Gasteiger partial charge in [-0.05, 0) is 18.2 Å². The molecule has 0 atom stereocenters.